The molecule has 110 valence electrons. The molecule has 0 radical (unpaired) electrons. The summed E-state index contributed by atoms with van der Waals surface area (Å²) in [4.78, 5) is 12.4. The molecule has 1 aromatic heterocycles. The Labute approximate surface area is 144 Å². The third-order valence-corrected chi connectivity index (χ3v) is 4.59. The van der Waals surface area contributed by atoms with E-state index in [0.717, 1.165) is 23.0 Å². The lowest BCUT2D eigenvalue weighted by molar-refractivity contribution is -0.694. The number of aromatic nitrogens is 1. The Kier molecular flexibility index (Phi) is 5.71. The van der Waals surface area contributed by atoms with Crippen LogP contribution in [0.4, 0.5) is 0 Å². The maximum absolute atomic E-state index is 12.4. The van der Waals surface area contributed by atoms with Gasteiger partial charge in [-0.15, -0.1) is 0 Å². The van der Waals surface area contributed by atoms with Gasteiger partial charge in [0.15, 0.2) is 6.20 Å². The average Bonchev–Trinajstić information content (AvgIpc) is 2.49. The molecular formula is C17H17Br2NO. The number of carbonyl (C=O) groups excluding carboxylic acids is 1. The van der Waals surface area contributed by atoms with Gasteiger partial charge in [0.05, 0.1) is 0 Å². The zero-order chi connectivity index (χ0) is 13.9. The van der Waals surface area contributed by atoms with Gasteiger partial charge in [0.2, 0.25) is 16.9 Å². The largest absolute Gasteiger partial charge is 1.00 e. The van der Waals surface area contributed by atoms with Crippen molar-refractivity contribution >= 4 is 21.7 Å². The van der Waals surface area contributed by atoms with Crippen molar-refractivity contribution in [1.29, 1.82) is 0 Å². The van der Waals surface area contributed by atoms with Gasteiger partial charge in [-0.3, -0.25) is 4.79 Å². The van der Waals surface area contributed by atoms with Crippen molar-refractivity contribution in [2.75, 3.05) is 0 Å². The summed E-state index contributed by atoms with van der Waals surface area (Å²) in [5, 5.41) is 0. The standard InChI is InChI=1S/C17H17BrNO.BrH/c18-17-7-3-4-10-19(17)12-16(20)15-9-8-13-5-1-2-6-14(13)11-15;/h3-4,7-11H,1-2,5-6,12H2;1H/q+1;/p-1. The molecule has 4 heteroatoms. The number of hydrogen-bond donors (Lipinski definition) is 0. The molecule has 0 N–H and O–H groups in total. The summed E-state index contributed by atoms with van der Waals surface area (Å²) in [7, 11) is 0. The molecule has 0 atom stereocenters. The lowest BCUT2D eigenvalue weighted by Gasteiger charge is -2.15. The molecule has 1 aliphatic rings. The van der Waals surface area contributed by atoms with Gasteiger partial charge in [0, 0.05) is 33.6 Å². The second kappa shape index (κ2) is 7.32. The van der Waals surface area contributed by atoms with Crippen LogP contribution in [0.3, 0.4) is 0 Å². The van der Waals surface area contributed by atoms with E-state index in [4.69, 9.17) is 0 Å². The highest BCUT2D eigenvalue weighted by Gasteiger charge is 2.17. The van der Waals surface area contributed by atoms with Crippen LogP contribution in [-0.2, 0) is 19.4 Å². The van der Waals surface area contributed by atoms with Crippen LogP contribution >= 0.6 is 15.9 Å². The van der Waals surface area contributed by atoms with Gasteiger partial charge in [0.1, 0.15) is 0 Å². The number of hydrogen-bond acceptors (Lipinski definition) is 1. The molecule has 0 spiro atoms. The predicted molar refractivity (Wildman–Crippen MR) is 81.8 cm³/mol. The molecule has 0 bridgehead atoms. The summed E-state index contributed by atoms with van der Waals surface area (Å²) in [6, 6.07) is 12.0. The highest BCUT2D eigenvalue weighted by atomic mass is 79.9. The second-order valence-electron chi connectivity index (χ2n) is 5.27. The molecular weight excluding hydrogens is 394 g/mol. The minimum absolute atomic E-state index is 0. The molecule has 1 heterocycles. The fourth-order valence-corrected chi connectivity index (χ4v) is 3.13. The summed E-state index contributed by atoms with van der Waals surface area (Å²) < 4.78 is 2.84. The molecule has 0 fully saturated rings. The molecule has 1 aliphatic carbocycles. The maximum atomic E-state index is 12.4. The quantitative estimate of drug-likeness (QED) is 0.410. The molecule has 21 heavy (non-hydrogen) atoms. The molecule has 0 saturated carbocycles. The highest BCUT2D eigenvalue weighted by molar-refractivity contribution is 9.10. The van der Waals surface area contributed by atoms with Crippen LogP contribution in [-0.4, -0.2) is 5.78 Å². The molecule has 0 saturated heterocycles. The van der Waals surface area contributed by atoms with E-state index in [0.29, 0.717) is 6.54 Å². The lowest BCUT2D eigenvalue weighted by atomic mass is 9.90. The average molecular weight is 411 g/mol. The first-order chi connectivity index (χ1) is 9.74. The minimum atomic E-state index is 0. The second-order valence-corrected chi connectivity index (χ2v) is 6.08. The van der Waals surface area contributed by atoms with Crippen LogP contribution in [0.1, 0.15) is 34.3 Å². The molecule has 0 amide bonds. The van der Waals surface area contributed by atoms with Gasteiger partial charge in [0.25, 0.3) is 0 Å². The number of rotatable bonds is 3. The molecule has 0 aliphatic heterocycles. The van der Waals surface area contributed by atoms with E-state index in [9.17, 15) is 4.79 Å². The van der Waals surface area contributed by atoms with Crippen LogP contribution in [0.5, 0.6) is 0 Å². The number of Topliss-reactive ketones (excluding diaryl/α,β-unsaturated/α-hetero) is 1. The van der Waals surface area contributed by atoms with Gasteiger partial charge in [-0.2, -0.15) is 4.57 Å². The van der Waals surface area contributed by atoms with Gasteiger partial charge in [-0.25, -0.2) is 0 Å². The van der Waals surface area contributed by atoms with Gasteiger partial charge in [-0.05, 0) is 48.9 Å². The summed E-state index contributed by atoms with van der Waals surface area (Å²) in [6.07, 6.45) is 6.69. The third-order valence-electron chi connectivity index (χ3n) is 3.87. The topological polar surface area (TPSA) is 20.9 Å². The fraction of sp³-hybridized carbons (Fsp3) is 0.294. The van der Waals surface area contributed by atoms with Crippen LogP contribution in [0, 0.1) is 0 Å². The lowest BCUT2D eigenvalue weighted by Crippen LogP contribution is -3.00. The first-order valence-corrected chi connectivity index (χ1v) is 7.82. The number of aryl methyl sites for hydroxylation is 2. The Morgan fingerprint density at radius 3 is 2.62 bits per heavy atom. The number of nitrogens with zero attached hydrogens (tertiary/aromatic N) is 1. The number of pyridine rings is 1. The van der Waals surface area contributed by atoms with E-state index >= 15 is 0 Å². The third kappa shape index (κ3) is 3.80. The smallest absolute Gasteiger partial charge is 0.248 e. The monoisotopic (exact) mass is 409 g/mol. The van der Waals surface area contributed by atoms with Crippen molar-refractivity contribution in [1.82, 2.24) is 0 Å². The summed E-state index contributed by atoms with van der Waals surface area (Å²) in [5.41, 5.74) is 3.61. The van der Waals surface area contributed by atoms with E-state index in [1.54, 1.807) is 0 Å². The van der Waals surface area contributed by atoms with E-state index in [1.165, 1.54) is 24.0 Å². The Hall–Kier alpha value is -1.00. The van der Waals surface area contributed by atoms with Crippen LogP contribution < -0.4 is 21.5 Å². The Morgan fingerprint density at radius 2 is 1.86 bits per heavy atom. The maximum Gasteiger partial charge on any atom is 0.248 e. The minimum Gasteiger partial charge on any atom is -1.00 e. The van der Waals surface area contributed by atoms with E-state index in [-0.39, 0.29) is 22.8 Å². The van der Waals surface area contributed by atoms with Crippen molar-refractivity contribution in [2.45, 2.75) is 32.2 Å². The molecule has 0 unspecified atom stereocenters. The number of ketones is 1. The summed E-state index contributed by atoms with van der Waals surface area (Å²) in [5.74, 6) is 0.162. The Bertz CT molecular complexity index is 655. The Balaban J connectivity index is 0.00000161. The summed E-state index contributed by atoms with van der Waals surface area (Å²) in [6.45, 7) is 0.375. The zero-order valence-corrected chi connectivity index (χ0v) is 14.9. The molecule has 2 nitrogen and oxygen atoms in total. The molecule has 2 aromatic rings. The van der Waals surface area contributed by atoms with Crippen LogP contribution in [0.15, 0.2) is 47.2 Å². The zero-order valence-electron chi connectivity index (χ0n) is 11.7. The first kappa shape index (κ1) is 16.4. The van der Waals surface area contributed by atoms with E-state index < -0.39 is 0 Å². The van der Waals surface area contributed by atoms with Crippen molar-refractivity contribution < 1.29 is 26.3 Å². The van der Waals surface area contributed by atoms with E-state index in [1.807, 2.05) is 35.0 Å². The van der Waals surface area contributed by atoms with E-state index in [2.05, 4.69) is 28.1 Å². The number of benzene rings is 1. The van der Waals surface area contributed by atoms with Gasteiger partial charge < -0.3 is 17.0 Å². The van der Waals surface area contributed by atoms with Crippen molar-refractivity contribution in [2.24, 2.45) is 0 Å². The molecule has 1 aromatic carbocycles. The predicted octanol–water partition coefficient (Wildman–Crippen LogP) is 0.502. The van der Waals surface area contributed by atoms with Crippen molar-refractivity contribution in [3.05, 3.63) is 63.9 Å². The van der Waals surface area contributed by atoms with Gasteiger partial charge in [-0.1, -0.05) is 12.1 Å². The van der Waals surface area contributed by atoms with Gasteiger partial charge >= 0.3 is 0 Å². The highest BCUT2D eigenvalue weighted by Crippen LogP contribution is 2.22. The van der Waals surface area contributed by atoms with Crippen molar-refractivity contribution in [3.63, 3.8) is 0 Å². The van der Waals surface area contributed by atoms with Crippen LogP contribution in [0.2, 0.25) is 0 Å². The SMILES string of the molecule is O=C(C[n+]1ccccc1Br)c1ccc2c(c1)CCCC2.[Br-]. The first-order valence-electron chi connectivity index (χ1n) is 7.03. The number of carbonyl (C=O) groups is 1. The molecule has 3 rings (SSSR count). The number of fused-ring (bicyclic) bond motifs is 1. The normalized spacial score (nSPS) is 13.2. The number of halogens is 2. The summed E-state index contributed by atoms with van der Waals surface area (Å²) >= 11 is 3.47. The fourth-order valence-electron chi connectivity index (χ4n) is 2.74. The van der Waals surface area contributed by atoms with Crippen molar-refractivity contribution in [3.8, 4) is 0 Å². The Morgan fingerprint density at radius 1 is 1.10 bits per heavy atom. The van der Waals surface area contributed by atoms with Crippen LogP contribution in [0.25, 0.3) is 0 Å².